The highest BCUT2D eigenvalue weighted by Gasteiger charge is 2.20. The quantitative estimate of drug-likeness (QED) is 0.663. The van der Waals surface area contributed by atoms with Gasteiger partial charge in [-0.05, 0) is 41.5 Å². The van der Waals surface area contributed by atoms with Gasteiger partial charge in [-0.1, -0.05) is 0 Å². The topological polar surface area (TPSA) is 64.7 Å². The van der Waals surface area contributed by atoms with E-state index >= 15 is 0 Å². The van der Waals surface area contributed by atoms with Gasteiger partial charge >= 0.3 is 0 Å². The zero-order valence-electron chi connectivity index (χ0n) is 10.3. The first-order valence-electron chi connectivity index (χ1n) is 6.30. The van der Waals surface area contributed by atoms with Crippen LogP contribution >= 0.6 is 0 Å². The Bertz CT molecular complexity index is 795. The number of nitrogen functional groups attached to an aromatic ring is 1. The molecular weight excluding hydrogens is 236 g/mol. The van der Waals surface area contributed by atoms with Crippen molar-refractivity contribution in [3.05, 3.63) is 48.0 Å². The molecule has 0 aromatic carbocycles. The first kappa shape index (κ1) is 10.4. The average Bonchev–Trinajstić information content (AvgIpc) is 2.47. The summed E-state index contributed by atoms with van der Waals surface area (Å²) in [6.45, 7) is 0. The molecule has 2 N–H and O–H groups in total. The van der Waals surface area contributed by atoms with Gasteiger partial charge in [-0.25, -0.2) is 4.98 Å². The summed E-state index contributed by atoms with van der Waals surface area (Å²) in [6, 6.07) is 4.08. The molecule has 3 heterocycles. The highest BCUT2D eigenvalue weighted by atomic mass is 14.9. The lowest BCUT2D eigenvalue weighted by Crippen LogP contribution is -2.09. The molecule has 0 aliphatic heterocycles. The van der Waals surface area contributed by atoms with Gasteiger partial charge in [0.05, 0.1) is 5.69 Å². The number of nitrogens with two attached hydrogens (primary N) is 1. The summed E-state index contributed by atoms with van der Waals surface area (Å²) in [5.74, 6) is 0.540. The second-order valence-corrected chi connectivity index (χ2v) is 4.78. The summed E-state index contributed by atoms with van der Waals surface area (Å²) < 4.78 is 0. The van der Waals surface area contributed by atoms with E-state index in [2.05, 4.69) is 21.0 Å². The molecule has 0 fully saturated rings. The molecule has 4 rings (SSSR count). The van der Waals surface area contributed by atoms with Gasteiger partial charge in [-0.3, -0.25) is 9.97 Å². The van der Waals surface area contributed by atoms with Crippen LogP contribution in [0.4, 0.5) is 5.82 Å². The Morgan fingerprint density at radius 1 is 0.947 bits per heavy atom. The van der Waals surface area contributed by atoms with Gasteiger partial charge in [0, 0.05) is 35.7 Å². The molecule has 3 aromatic heterocycles. The Kier molecular flexibility index (Phi) is 2.06. The van der Waals surface area contributed by atoms with Crippen LogP contribution in [0.15, 0.2) is 36.9 Å². The number of fused-ring (bicyclic) bond motifs is 5. The van der Waals surface area contributed by atoms with Crippen molar-refractivity contribution in [3.8, 4) is 11.3 Å². The second kappa shape index (κ2) is 3.75. The monoisotopic (exact) mass is 248 g/mol. The standard InChI is InChI=1S/C15H12N4/c16-15-13-8-18-6-4-10(13)11-2-1-9-3-5-17-7-12(9)14(11)19-15/h3-8H,1-2H2,(H2,16,19). The first-order chi connectivity index (χ1) is 9.34. The van der Waals surface area contributed by atoms with Crippen LogP contribution in [-0.4, -0.2) is 15.0 Å². The minimum Gasteiger partial charge on any atom is -0.383 e. The fraction of sp³-hybridized carbons (Fsp3) is 0.133. The van der Waals surface area contributed by atoms with E-state index in [1.54, 1.807) is 12.4 Å². The minimum atomic E-state index is 0.540. The Morgan fingerprint density at radius 3 is 2.74 bits per heavy atom. The lowest BCUT2D eigenvalue weighted by atomic mass is 9.88. The highest BCUT2D eigenvalue weighted by Crippen LogP contribution is 2.36. The summed E-state index contributed by atoms with van der Waals surface area (Å²) in [7, 11) is 0. The van der Waals surface area contributed by atoms with E-state index in [4.69, 9.17) is 5.73 Å². The molecule has 3 aromatic rings. The van der Waals surface area contributed by atoms with E-state index in [0.29, 0.717) is 5.82 Å². The van der Waals surface area contributed by atoms with Crippen molar-refractivity contribution in [2.24, 2.45) is 0 Å². The van der Waals surface area contributed by atoms with Crippen molar-refractivity contribution in [1.29, 1.82) is 0 Å². The molecule has 4 heteroatoms. The van der Waals surface area contributed by atoms with E-state index in [1.165, 1.54) is 11.1 Å². The molecular formula is C15H12N4. The predicted octanol–water partition coefficient (Wildman–Crippen LogP) is 2.37. The number of hydrogen-bond donors (Lipinski definition) is 1. The van der Waals surface area contributed by atoms with Crippen molar-refractivity contribution in [1.82, 2.24) is 15.0 Å². The number of pyridine rings is 3. The molecule has 4 nitrogen and oxygen atoms in total. The number of nitrogens with zero attached hydrogens (tertiary/aromatic N) is 3. The van der Waals surface area contributed by atoms with E-state index < -0.39 is 0 Å². The maximum absolute atomic E-state index is 6.07. The van der Waals surface area contributed by atoms with Gasteiger partial charge in [0.15, 0.2) is 0 Å². The summed E-state index contributed by atoms with van der Waals surface area (Å²) in [6.07, 6.45) is 9.32. The SMILES string of the molecule is Nc1nc2c(c3ccncc13)CCc1ccncc1-2. The minimum absolute atomic E-state index is 0.540. The molecule has 0 unspecified atom stereocenters. The molecule has 0 saturated carbocycles. The maximum Gasteiger partial charge on any atom is 0.133 e. The Morgan fingerprint density at radius 2 is 1.79 bits per heavy atom. The molecule has 1 aliphatic carbocycles. The zero-order valence-corrected chi connectivity index (χ0v) is 10.3. The van der Waals surface area contributed by atoms with Crippen molar-refractivity contribution < 1.29 is 0 Å². The van der Waals surface area contributed by atoms with Crippen LogP contribution in [0.25, 0.3) is 22.0 Å². The van der Waals surface area contributed by atoms with Gasteiger partial charge < -0.3 is 5.73 Å². The Hall–Kier alpha value is -2.49. The third-order valence-corrected chi connectivity index (χ3v) is 3.75. The number of hydrogen-bond acceptors (Lipinski definition) is 4. The smallest absolute Gasteiger partial charge is 0.133 e. The zero-order chi connectivity index (χ0) is 12.8. The van der Waals surface area contributed by atoms with Crippen molar-refractivity contribution in [3.63, 3.8) is 0 Å². The fourth-order valence-corrected chi connectivity index (χ4v) is 2.83. The predicted molar refractivity (Wildman–Crippen MR) is 74.6 cm³/mol. The van der Waals surface area contributed by atoms with Gasteiger partial charge in [0.1, 0.15) is 5.82 Å². The van der Waals surface area contributed by atoms with Crippen LogP contribution < -0.4 is 5.73 Å². The van der Waals surface area contributed by atoms with Gasteiger partial charge in [0.25, 0.3) is 0 Å². The third kappa shape index (κ3) is 1.43. The Balaban J connectivity index is 2.13. The third-order valence-electron chi connectivity index (χ3n) is 3.75. The van der Waals surface area contributed by atoms with E-state index in [0.717, 1.165) is 34.9 Å². The Labute approximate surface area is 110 Å². The number of aromatic nitrogens is 3. The van der Waals surface area contributed by atoms with Crippen molar-refractivity contribution >= 4 is 16.6 Å². The number of anilines is 1. The van der Waals surface area contributed by atoms with Gasteiger partial charge in [-0.15, -0.1) is 0 Å². The fourth-order valence-electron chi connectivity index (χ4n) is 2.83. The number of rotatable bonds is 0. The molecule has 0 bridgehead atoms. The van der Waals surface area contributed by atoms with Crippen molar-refractivity contribution in [2.45, 2.75) is 12.8 Å². The van der Waals surface area contributed by atoms with Crippen LogP contribution in [0.3, 0.4) is 0 Å². The van der Waals surface area contributed by atoms with Crippen LogP contribution in [-0.2, 0) is 12.8 Å². The van der Waals surface area contributed by atoms with Gasteiger partial charge in [-0.2, -0.15) is 0 Å². The second-order valence-electron chi connectivity index (χ2n) is 4.78. The lowest BCUT2D eigenvalue weighted by Gasteiger charge is -2.20. The lowest BCUT2D eigenvalue weighted by molar-refractivity contribution is 0.932. The summed E-state index contributed by atoms with van der Waals surface area (Å²) in [5.41, 5.74) is 10.7. The normalized spacial score (nSPS) is 13.1. The average molecular weight is 248 g/mol. The maximum atomic E-state index is 6.07. The first-order valence-corrected chi connectivity index (χ1v) is 6.30. The number of aryl methyl sites for hydroxylation is 2. The highest BCUT2D eigenvalue weighted by molar-refractivity contribution is 5.97. The van der Waals surface area contributed by atoms with Gasteiger partial charge in [0.2, 0.25) is 0 Å². The van der Waals surface area contributed by atoms with Crippen LogP contribution in [0, 0.1) is 0 Å². The van der Waals surface area contributed by atoms with E-state index in [-0.39, 0.29) is 0 Å². The molecule has 0 spiro atoms. The van der Waals surface area contributed by atoms with E-state index in [9.17, 15) is 0 Å². The summed E-state index contributed by atoms with van der Waals surface area (Å²) >= 11 is 0. The van der Waals surface area contributed by atoms with Crippen LogP contribution in [0.1, 0.15) is 11.1 Å². The molecule has 92 valence electrons. The molecule has 0 saturated heterocycles. The summed E-state index contributed by atoms with van der Waals surface area (Å²) in [5, 5.41) is 2.10. The molecule has 19 heavy (non-hydrogen) atoms. The van der Waals surface area contributed by atoms with Crippen molar-refractivity contribution in [2.75, 3.05) is 5.73 Å². The molecule has 0 amide bonds. The molecule has 0 atom stereocenters. The van der Waals surface area contributed by atoms with Crippen LogP contribution in [0.2, 0.25) is 0 Å². The summed E-state index contributed by atoms with van der Waals surface area (Å²) in [4.78, 5) is 12.9. The largest absolute Gasteiger partial charge is 0.383 e. The van der Waals surface area contributed by atoms with Crippen LogP contribution in [0.5, 0.6) is 0 Å². The van der Waals surface area contributed by atoms with E-state index in [1.807, 2.05) is 18.5 Å². The molecule has 0 radical (unpaired) electrons. The molecule has 1 aliphatic rings.